The molecule has 0 aliphatic carbocycles. The van der Waals surface area contributed by atoms with Crippen LogP contribution < -0.4 is 5.32 Å². The average molecular weight is 700 g/mol. The third kappa shape index (κ3) is 6.31. The summed E-state index contributed by atoms with van der Waals surface area (Å²) in [5.41, 5.74) is 4.09. The Hall–Kier alpha value is -4.78. The Morgan fingerprint density at radius 1 is 1.06 bits per heavy atom. The topological polar surface area (TPSA) is 149 Å². The number of halogens is 1. The minimum atomic E-state index is -0.822. The van der Waals surface area contributed by atoms with Crippen LogP contribution in [0.2, 0.25) is 0 Å². The van der Waals surface area contributed by atoms with Gasteiger partial charge in [-0.3, -0.25) is 19.1 Å². The molecule has 13 heteroatoms. The number of ketones is 1. The highest BCUT2D eigenvalue weighted by molar-refractivity contribution is 9.10. The quantitative estimate of drug-likeness (QED) is 0.152. The number of aryl methyl sites for hydroxylation is 2. The van der Waals surface area contributed by atoms with Crippen LogP contribution in [0.1, 0.15) is 79.3 Å². The fraction of sp³-hybridized carbons (Fsp3) is 0.353. The zero-order valence-corrected chi connectivity index (χ0v) is 28.6. The van der Waals surface area contributed by atoms with Crippen LogP contribution in [0.5, 0.6) is 0 Å². The summed E-state index contributed by atoms with van der Waals surface area (Å²) in [5.74, 6) is 0.677. The molecule has 2 amide bonds. The second-order valence-corrected chi connectivity index (χ2v) is 13.1. The molecule has 3 atom stereocenters. The maximum absolute atomic E-state index is 14.3. The van der Waals surface area contributed by atoms with Crippen LogP contribution in [-0.4, -0.2) is 64.5 Å². The van der Waals surface area contributed by atoms with Crippen molar-refractivity contribution in [1.29, 1.82) is 0 Å². The maximum Gasteiger partial charge on any atom is 0.248 e. The van der Waals surface area contributed by atoms with Crippen molar-refractivity contribution in [2.45, 2.75) is 78.4 Å². The largest absolute Gasteiger partial charge is 0.361 e. The number of likely N-dealkylation sites (tertiary alicyclic amines) is 1. The van der Waals surface area contributed by atoms with Crippen LogP contribution >= 0.6 is 15.9 Å². The lowest BCUT2D eigenvalue weighted by Gasteiger charge is -2.28. The normalized spacial score (nSPS) is 17.9. The van der Waals surface area contributed by atoms with Crippen LogP contribution in [0.4, 0.5) is 5.82 Å². The first-order valence-corrected chi connectivity index (χ1v) is 16.2. The Morgan fingerprint density at radius 3 is 2.49 bits per heavy atom. The van der Waals surface area contributed by atoms with E-state index in [-0.39, 0.29) is 41.7 Å². The van der Waals surface area contributed by atoms with Gasteiger partial charge in [-0.2, -0.15) is 5.10 Å². The van der Waals surface area contributed by atoms with E-state index >= 15 is 0 Å². The number of hydrogen-bond acceptors (Lipinski definition) is 9. The second kappa shape index (κ2) is 12.8. The van der Waals surface area contributed by atoms with Crippen molar-refractivity contribution in [3.05, 3.63) is 81.9 Å². The number of amides is 2. The molecule has 242 valence electrons. The Labute approximate surface area is 280 Å². The Morgan fingerprint density at radius 2 is 1.81 bits per heavy atom. The molecule has 1 aromatic carbocycles. The molecule has 0 unspecified atom stereocenters. The van der Waals surface area contributed by atoms with E-state index in [4.69, 9.17) is 4.52 Å². The van der Waals surface area contributed by atoms with Crippen molar-refractivity contribution in [2.75, 3.05) is 5.32 Å². The van der Waals surface area contributed by atoms with Crippen LogP contribution in [0.15, 0.2) is 57.9 Å². The lowest BCUT2D eigenvalue weighted by Crippen LogP contribution is -2.47. The standard InChI is InChI=1S/C34H35BrN8O4/c1-17(2)26-13-29(47-41-26)24-12-28(34(46)39-33-18(3)7-10-30(35)38-33)43(19(24)4)31(45)16-42-27-9-8-22(23-14-36-21(6)37-15-23)11-25(27)32(40-42)20(5)44/h7-11,13-15,17,19,24,28H,12,16H2,1-6H3,(H,38,39,46)/t19-,24+,28+/m1/s1. The fourth-order valence-electron chi connectivity index (χ4n) is 6.09. The van der Waals surface area contributed by atoms with E-state index in [9.17, 15) is 14.4 Å². The third-order valence-corrected chi connectivity index (χ3v) is 9.16. The number of anilines is 1. The summed E-state index contributed by atoms with van der Waals surface area (Å²) in [5, 5.41) is 12.4. The molecular formula is C34H35BrN8O4. The summed E-state index contributed by atoms with van der Waals surface area (Å²) < 4.78 is 7.86. The first-order valence-electron chi connectivity index (χ1n) is 15.4. The Bertz CT molecular complexity index is 2000. The number of nitrogens with zero attached hydrogens (tertiary/aromatic N) is 7. The van der Waals surface area contributed by atoms with Gasteiger partial charge < -0.3 is 14.7 Å². The molecule has 1 N–H and O–H groups in total. The van der Waals surface area contributed by atoms with Crippen LogP contribution in [0, 0.1) is 13.8 Å². The molecule has 0 spiro atoms. The first-order chi connectivity index (χ1) is 22.4. The van der Waals surface area contributed by atoms with Gasteiger partial charge in [0.1, 0.15) is 40.3 Å². The molecule has 5 heterocycles. The number of rotatable bonds is 8. The Kier molecular flexibility index (Phi) is 8.75. The van der Waals surface area contributed by atoms with E-state index in [1.807, 2.05) is 65.0 Å². The summed E-state index contributed by atoms with van der Waals surface area (Å²) in [6, 6.07) is 9.92. The number of aromatic nitrogens is 6. The summed E-state index contributed by atoms with van der Waals surface area (Å²) in [4.78, 5) is 55.5. The monoisotopic (exact) mass is 698 g/mol. The minimum Gasteiger partial charge on any atom is -0.361 e. The molecule has 1 fully saturated rings. The smallest absolute Gasteiger partial charge is 0.248 e. The zero-order chi connectivity index (χ0) is 33.6. The van der Waals surface area contributed by atoms with Crippen LogP contribution in [-0.2, 0) is 16.1 Å². The summed E-state index contributed by atoms with van der Waals surface area (Å²) in [6.45, 7) is 10.9. The van der Waals surface area contributed by atoms with Crippen molar-refractivity contribution < 1.29 is 18.9 Å². The predicted octanol–water partition coefficient (Wildman–Crippen LogP) is 5.99. The fourth-order valence-corrected chi connectivity index (χ4v) is 6.40. The van der Waals surface area contributed by atoms with Gasteiger partial charge in [0, 0.05) is 48.3 Å². The van der Waals surface area contributed by atoms with Crippen LogP contribution in [0.25, 0.3) is 22.0 Å². The van der Waals surface area contributed by atoms with Gasteiger partial charge in [-0.15, -0.1) is 0 Å². The number of carbonyl (C=O) groups excluding carboxylic acids is 3. The molecule has 4 aromatic heterocycles. The number of nitrogens with one attached hydrogen (secondary N) is 1. The van der Waals surface area contributed by atoms with E-state index < -0.39 is 12.1 Å². The molecule has 5 aromatic rings. The highest BCUT2D eigenvalue weighted by Crippen LogP contribution is 2.39. The summed E-state index contributed by atoms with van der Waals surface area (Å²) in [7, 11) is 0. The number of hydrogen-bond donors (Lipinski definition) is 1. The molecule has 0 radical (unpaired) electrons. The molecular weight excluding hydrogens is 664 g/mol. The minimum absolute atomic E-state index is 0.161. The van der Waals surface area contributed by atoms with Crippen molar-refractivity contribution in [2.24, 2.45) is 0 Å². The average Bonchev–Trinajstić information content (AvgIpc) is 3.75. The molecule has 1 aliphatic rings. The SMILES string of the molecule is CC(=O)c1nn(CC(=O)N2[C@H](C)[C@@H](c3cc(C(C)C)no3)C[C@H]2C(=O)Nc2nc(Br)ccc2C)c2ccc(-c3cnc(C)nc3)cc12. The van der Waals surface area contributed by atoms with Gasteiger partial charge in [-0.05, 0) is 78.4 Å². The molecule has 6 rings (SSSR count). The molecule has 0 bridgehead atoms. The molecule has 1 saturated heterocycles. The van der Waals surface area contributed by atoms with Crippen molar-refractivity contribution >= 4 is 50.2 Å². The summed E-state index contributed by atoms with van der Waals surface area (Å²) >= 11 is 3.37. The van der Waals surface area contributed by atoms with E-state index in [2.05, 4.69) is 46.5 Å². The summed E-state index contributed by atoms with van der Waals surface area (Å²) in [6.07, 6.45) is 3.79. The van der Waals surface area contributed by atoms with E-state index in [0.717, 1.165) is 22.4 Å². The Balaban J connectivity index is 1.34. The molecule has 1 aliphatic heterocycles. The molecule has 47 heavy (non-hydrogen) atoms. The third-order valence-electron chi connectivity index (χ3n) is 8.72. The van der Waals surface area contributed by atoms with E-state index in [1.54, 1.807) is 23.4 Å². The van der Waals surface area contributed by atoms with Gasteiger partial charge in [0.2, 0.25) is 11.8 Å². The van der Waals surface area contributed by atoms with Gasteiger partial charge >= 0.3 is 0 Å². The number of fused-ring (bicyclic) bond motifs is 1. The zero-order valence-electron chi connectivity index (χ0n) is 27.0. The van der Waals surface area contributed by atoms with Gasteiger partial charge in [-0.1, -0.05) is 31.1 Å². The predicted molar refractivity (Wildman–Crippen MR) is 179 cm³/mol. The van der Waals surface area contributed by atoms with Crippen molar-refractivity contribution in [3.63, 3.8) is 0 Å². The lowest BCUT2D eigenvalue weighted by molar-refractivity contribution is -0.139. The van der Waals surface area contributed by atoms with Gasteiger partial charge in [0.05, 0.1) is 11.2 Å². The molecule has 0 saturated carbocycles. The number of benzene rings is 1. The van der Waals surface area contributed by atoms with E-state index in [1.165, 1.54) is 11.6 Å². The lowest BCUT2D eigenvalue weighted by atomic mass is 9.96. The van der Waals surface area contributed by atoms with Gasteiger partial charge in [-0.25, -0.2) is 15.0 Å². The van der Waals surface area contributed by atoms with E-state index in [0.29, 0.717) is 39.3 Å². The van der Waals surface area contributed by atoms with Gasteiger partial charge in [0.25, 0.3) is 0 Å². The highest BCUT2D eigenvalue weighted by atomic mass is 79.9. The van der Waals surface area contributed by atoms with Gasteiger partial charge in [0.15, 0.2) is 5.78 Å². The maximum atomic E-state index is 14.3. The first kappa shape index (κ1) is 32.2. The number of carbonyl (C=O) groups is 3. The number of pyridine rings is 1. The second-order valence-electron chi connectivity index (χ2n) is 12.3. The number of Topliss-reactive ketones (excluding diaryl/α,β-unsaturated/α-hetero) is 1. The highest BCUT2D eigenvalue weighted by Gasteiger charge is 2.47. The van der Waals surface area contributed by atoms with Crippen molar-refractivity contribution in [1.82, 2.24) is 34.8 Å². The molecule has 12 nitrogen and oxygen atoms in total. The van der Waals surface area contributed by atoms with Crippen molar-refractivity contribution in [3.8, 4) is 11.1 Å². The van der Waals surface area contributed by atoms with Crippen LogP contribution in [0.3, 0.4) is 0 Å².